The molecule has 0 bridgehead atoms. The number of anilines is 1. The number of rotatable bonds is 5. The van der Waals surface area contributed by atoms with Gasteiger partial charge in [0.05, 0.1) is 20.7 Å². The summed E-state index contributed by atoms with van der Waals surface area (Å²) in [6.07, 6.45) is -3.20. The number of amides is 2. The summed E-state index contributed by atoms with van der Waals surface area (Å²) in [6.45, 7) is 0. The van der Waals surface area contributed by atoms with Gasteiger partial charge < -0.3 is 10.4 Å². The van der Waals surface area contributed by atoms with E-state index in [9.17, 15) is 27.9 Å². The van der Waals surface area contributed by atoms with Gasteiger partial charge in [-0.15, -0.1) is 0 Å². The predicted octanol–water partition coefficient (Wildman–Crippen LogP) is 5.95. The molecule has 0 aliphatic rings. The minimum absolute atomic E-state index is 0.0279. The molecule has 0 heterocycles. The largest absolute Gasteiger partial charge is 0.506 e. The molecule has 3 aromatic carbocycles. The molecule has 2 amide bonds. The van der Waals surface area contributed by atoms with E-state index in [0.29, 0.717) is 14.5 Å². The molecule has 0 unspecified atom stereocenters. The molecule has 0 radical (unpaired) electrons. The van der Waals surface area contributed by atoms with Crippen molar-refractivity contribution in [3.05, 3.63) is 91.9 Å². The van der Waals surface area contributed by atoms with Crippen molar-refractivity contribution in [2.75, 3.05) is 5.32 Å². The quantitative estimate of drug-likeness (QED) is 0.256. The number of hydrogen-bond donors (Lipinski definition) is 3. The van der Waals surface area contributed by atoms with Gasteiger partial charge in [-0.1, -0.05) is 12.1 Å². The zero-order valence-corrected chi connectivity index (χ0v) is 19.6. The fraction of sp³-hybridized carbons (Fsp3) is 0.0455. The molecule has 0 spiro atoms. The van der Waals surface area contributed by atoms with Crippen molar-refractivity contribution in [2.45, 2.75) is 6.18 Å². The standard InChI is InChI=1S/C22H14Br2F3N3O3/c23-17-7-12(8-18(24)19(17)31)11-28-30-21(33)14-4-2-6-16(10-14)29-20(32)13-3-1-5-15(9-13)22(25,26)27/h1-11,31H,(H,29,32)(H,30,33)/b28-11+. The molecule has 0 aliphatic heterocycles. The van der Waals surface area contributed by atoms with Crippen LogP contribution in [-0.4, -0.2) is 23.1 Å². The Morgan fingerprint density at radius 2 is 1.52 bits per heavy atom. The van der Waals surface area contributed by atoms with Crippen molar-refractivity contribution < 1.29 is 27.9 Å². The average molecular weight is 585 g/mol. The van der Waals surface area contributed by atoms with Crippen LogP contribution in [0.1, 0.15) is 31.8 Å². The molecule has 3 rings (SSSR count). The fourth-order valence-electron chi connectivity index (χ4n) is 2.67. The van der Waals surface area contributed by atoms with Crippen LogP contribution in [-0.2, 0) is 6.18 Å². The number of alkyl halides is 3. The summed E-state index contributed by atoms with van der Waals surface area (Å²) in [5.74, 6) is -1.29. The number of carbonyl (C=O) groups is 2. The molecule has 0 saturated heterocycles. The predicted molar refractivity (Wildman–Crippen MR) is 124 cm³/mol. The van der Waals surface area contributed by atoms with Gasteiger partial charge >= 0.3 is 6.18 Å². The highest BCUT2D eigenvalue weighted by molar-refractivity contribution is 9.11. The van der Waals surface area contributed by atoms with Crippen LogP contribution < -0.4 is 10.7 Å². The van der Waals surface area contributed by atoms with E-state index in [-0.39, 0.29) is 22.6 Å². The van der Waals surface area contributed by atoms with Crippen LogP contribution in [0, 0.1) is 0 Å². The lowest BCUT2D eigenvalue weighted by atomic mass is 10.1. The van der Waals surface area contributed by atoms with Gasteiger partial charge in [0, 0.05) is 16.8 Å². The molecule has 11 heteroatoms. The lowest BCUT2D eigenvalue weighted by molar-refractivity contribution is -0.137. The van der Waals surface area contributed by atoms with Crippen LogP contribution in [0.4, 0.5) is 18.9 Å². The zero-order valence-electron chi connectivity index (χ0n) is 16.5. The highest BCUT2D eigenvalue weighted by atomic mass is 79.9. The highest BCUT2D eigenvalue weighted by Crippen LogP contribution is 2.33. The number of carbonyl (C=O) groups excluding carboxylic acids is 2. The van der Waals surface area contributed by atoms with Crippen molar-refractivity contribution in [1.29, 1.82) is 0 Å². The zero-order chi connectivity index (χ0) is 24.2. The number of nitrogens with zero attached hydrogens (tertiary/aromatic N) is 1. The van der Waals surface area contributed by atoms with Crippen molar-refractivity contribution in [3.63, 3.8) is 0 Å². The SMILES string of the molecule is O=C(N/N=C/c1cc(Br)c(O)c(Br)c1)c1cccc(NC(=O)c2cccc(C(F)(F)F)c2)c1. The van der Waals surface area contributed by atoms with E-state index in [0.717, 1.165) is 18.2 Å². The summed E-state index contributed by atoms with van der Waals surface area (Å²) < 4.78 is 39.5. The minimum atomic E-state index is -4.57. The van der Waals surface area contributed by atoms with Gasteiger partial charge in [-0.25, -0.2) is 5.43 Å². The second-order valence-electron chi connectivity index (χ2n) is 6.65. The van der Waals surface area contributed by atoms with Crippen LogP contribution in [0.25, 0.3) is 0 Å². The van der Waals surface area contributed by atoms with Gasteiger partial charge in [-0.05, 0) is 86.0 Å². The molecule has 0 atom stereocenters. The minimum Gasteiger partial charge on any atom is -0.506 e. The number of phenols is 1. The van der Waals surface area contributed by atoms with Gasteiger partial charge in [0.1, 0.15) is 5.75 Å². The Labute approximate surface area is 202 Å². The van der Waals surface area contributed by atoms with Crippen LogP contribution in [0.15, 0.2) is 74.7 Å². The normalized spacial score (nSPS) is 11.4. The number of benzene rings is 3. The lowest BCUT2D eigenvalue weighted by Gasteiger charge is -2.10. The Morgan fingerprint density at radius 1 is 0.909 bits per heavy atom. The maximum absolute atomic E-state index is 12.9. The molecular weight excluding hydrogens is 571 g/mol. The summed E-state index contributed by atoms with van der Waals surface area (Å²) >= 11 is 6.39. The molecule has 6 nitrogen and oxygen atoms in total. The van der Waals surface area contributed by atoms with E-state index in [4.69, 9.17) is 0 Å². The summed E-state index contributed by atoms with van der Waals surface area (Å²) in [4.78, 5) is 24.7. The smallest absolute Gasteiger partial charge is 0.416 e. The second kappa shape index (κ2) is 10.2. The average Bonchev–Trinajstić information content (AvgIpc) is 2.77. The van der Waals surface area contributed by atoms with Crippen molar-refractivity contribution in [2.24, 2.45) is 5.10 Å². The number of hydrazone groups is 1. The third-order valence-electron chi connectivity index (χ3n) is 4.25. The fourth-order valence-corrected chi connectivity index (χ4v) is 3.89. The Balaban J connectivity index is 1.68. The highest BCUT2D eigenvalue weighted by Gasteiger charge is 2.30. The third kappa shape index (κ3) is 6.42. The van der Waals surface area contributed by atoms with Gasteiger partial charge in [0.25, 0.3) is 11.8 Å². The number of halogens is 5. The monoisotopic (exact) mass is 583 g/mol. The third-order valence-corrected chi connectivity index (χ3v) is 5.46. The molecule has 3 N–H and O–H groups in total. The molecule has 33 heavy (non-hydrogen) atoms. The Kier molecular flexibility index (Phi) is 7.54. The maximum atomic E-state index is 12.9. The van der Waals surface area contributed by atoms with Crippen LogP contribution >= 0.6 is 31.9 Å². The van der Waals surface area contributed by atoms with Crippen molar-refractivity contribution in [1.82, 2.24) is 5.43 Å². The molecular formula is C22H14Br2F3N3O3. The first-order valence-corrected chi connectivity index (χ1v) is 10.7. The Hall–Kier alpha value is -3.18. The van der Waals surface area contributed by atoms with E-state index in [2.05, 4.69) is 47.7 Å². The first-order valence-electron chi connectivity index (χ1n) is 9.14. The van der Waals surface area contributed by atoms with E-state index < -0.39 is 23.6 Å². The van der Waals surface area contributed by atoms with Crippen LogP contribution in [0.2, 0.25) is 0 Å². The van der Waals surface area contributed by atoms with Gasteiger partial charge in [-0.2, -0.15) is 18.3 Å². The first kappa shape index (κ1) is 24.5. The van der Waals surface area contributed by atoms with Gasteiger partial charge in [0.2, 0.25) is 0 Å². The number of hydrogen-bond acceptors (Lipinski definition) is 4. The second-order valence-corrected chi connectivity index (χ2v) is 8.35. The molecule has 0 fully saturated rings. The number of aromatic hydroxyl groups is 1. The van der Waals surface area contributed by atoms with E-state index in [1.807, 2.05) is 0 Å². The Bertz CT molecular complexity index is 1220. The number of nitrogens with one attached hydrogen (secondary N) is 2. The summed E-state index contributed by atoms with van der Waals surface area (Å²) in [5, 5.41) is 16.0. The molecule has 0 saturated carbocycles. The van der Waals surface area contributed by atoms with Gasteiger partial charge in [0.15, 0.2) is 0 Å². The van der Waals surface area contributed by atoms with E-state index in [1.165, 1.54) is 36.5 Å². The van der Waals surface area contributed by atoms with Crippen molar-refractivity contribution in [3.8, 4) is 5.75 Å². The molecule has 3 aromatic rings. The summed E-state index contributed by atoms with van der Waals surface area (Å²) in [5.41, 5.74) is 2.21. The molecule has 0 aliphatic carbocycles. The Morgan fingerprint density at radius 3 is 2.15 bits per heavy atom. The van der Waals surface area contributed by atoms with E-state index in [1.54, 1.807) is 12.1 Å². The van der Waals surface area contributed by atoms with Gasteiger partial charge in [-0.3, -0.25) is 9.59 Å². The topological polar surface area (TPSA) is 90.8 Å². The van der Waals surface area contributed by atoms with Crippen LogP contribution in [0.3, 0.4) is 0 Å². The number of phenolic OH excluding ortho intramolecular Hbond substituents is 1. The summed E-state index contributed by atoms with van der Waals surface area (Å²) in [7, 11) is 0. The van der Waals surface area contributed by atoms with Crippen molar-refractivity contribution >= 4 is 55.6 Å². The van der Waals surface area contributed by atoms with Crippen LogP contribution in [0.5, 0.6) is 5.75 Å². The maximum Gasteiger partial charge on any atom is 0.416 e. The first-order chi connectivity index (χ1) is 15.5. The lowest BCUT2D eigenvalue weighted by Crippen LogP contribution is -2.18. The van der Waals surface area contributed by atoms with E-state index >= 15 is 0 Å². The summed E-state index contributed by atoms with van der Waals surface area (Å²) in [6, 6.07) is 13.1. The molecule has 170 valence electrons. The molecule has 0 aromatic heterocycles.